The van der Waals surface area contributed by atoms with Crippen LogP contribution < -0.4 is 10.1 Å². The zero-order valence-corrected chi connectivity index (χ0v) is 12.8. The number of methoxy groups -OCH3 is 1. The molecule has 1 atom stereocenters. The molecule has 0 amide bonds. The van der Waals surface area contributed by atoms with Crippen molar-refractivity contribution in [3.8, 4) is 11.5 Å². The average molecular weight is 299 g/mol. The van der Waals surface area contributed by atoms with Crippen molar-refractivity contribution in [3.63, 3.8) is 0 Å². The van der Waals surface area contributed by atoms with Crippen LogP contribution in [0.15, 0.2) is 47.8 Å². The van der Waals surface area contributed by atoms with Crippen LogP contribution in [-0.2, 0) is 0 Å². The summed E-state index contributed by atoms with van der Waals surface area (Å²) < 4.78 is 6.45. The van der Waals surface area contributed by atoms with E-state index in [9.17, 15) is 5.11 Å². The maximum absolute atomic E-state index is 9.66. The van der Waals surface area contributed by atoms with Crippen molar-refractivity contribution in [2.24, 2.45) is 0 Å². The number of thiophene rings is 1. The molecule has 1 aromatic heterocycles. The number of ether oxygens (including phenoxy) is 1. The van der Waals surface area contributed by atoms with Gasteiger partial charge < -0.3 is 15.2 Å². The van der Waals surface area contributed by atoms with Crippen molar-refractivity contribution < 1.29 is 9.84 Å². The lowest BCUT2D eigenvalue weighted by molar-refractivity contribution is 0.373. The molecular weight excluding hydrogens is 282 g/mol. The lowest BCUT2D eigenvalue weighted by Crippen LogP contribution is -2.06. The molecule has 3 nitrogen and oxygen atoms in total. The molecule has 2 aromatic carbocycles. The number of anilines is 1. The first kappa shape index (κ1) is 13.8. The quantitative estimate of drug-likeness (QED) is 0.728. The lowest BCUT2D eigenvalue weighted by Gasteiger charge is -2.17. The van der Waals surface area contributed by atoms with Crippen LogP contribution in [0.3, 0.4) is 0 Å². The molecule has 1 unspecified atom stereocenters. The van der Waals surface area contributed by atoms with E-state index in [1.165, 1.54) is 10.1 Å². The topological polar surface area (TPSA) is 41.5 Å². The summed E-state index contributed by atoms with van der Waals surface area (Å²) in [5.74, 6) is 0.655. The minimum atomic E-state index is 0.121. The average Bonchev–Trinajstić information content (AvgIpc) is 2.95. The monoisotopic (exact) mass is 299 g/mol. The second-order valence-electron chi connectivity index (χ2n) is 4.97. The maximum Gasteiger partial charge on any atom is 0.160 e. The molecule has 0 aliphatic heterocycles. The Labute approximate surface area is 127 Å². The van der Waals surface area contributed by atoms with Gasteiger partial charge in [-0.1, -0.05) is 6.07 Å². The van der Waals surface area contributed by atoms with Crippen LogP contribution in [0.5, 0.6) is 11.5 Å². The van der Waals surface area contributed by atoms with Gasteiger partial charge in [-0.2, -0.15) is 0 Å². The highest BCUT2D eigenvalue weighted by molar-refractivity contribution is 7.17. The molecule has 108 valence electrons. The minimum Gasteiger partial charge on any atom is -0.504 e. The van der Waals surface area contributed by atoms with Gasteiger partial charge in [-0.05, 0) is 59.7 Å². The number of phenols is 1. The van der Waals surface area contributed by atoms with E-state index in [-0.39, 0.29) is 11.8 Å². The van der Waals surface area contributed by atoms with E-state index in [1.54, 1.807) is 24.5 Å². The molecule has 4 heteroatoms. The largest absolute Gasteiger partial charge is 0.504 e. The first-order valence-corrected chi connectivity index (χ1v) is 7.66. The van der Waals surface area contributed by atoms with Crippen molar-refractivity contribution in [2.75, 3.05) is 12.4 Å². The van der Waals surface area contributed by atoms with Gasteiger partial charge in [0, 0.05) is 16.4 Å². The zero-order valence-electron chi connectivity index (χ0n) is 12.0. The molecule has 21 heavy (non-hydrogen) atoms. The summed E-state index contributed by atoms with van der Waals surface area (Å²) in [5, 5.41) is 16.5. The van der Waals surface area contributed by atoms with Gasteiger partial charge >= 0.3 is 0 Å². The van der Waals surface area contributed by atoms with E-state index in [4.69, 9.17) is 4.74 Å². The predicted molar refractivity (Wildman–Crippen MR) is 88.5 cm³/mol. The van der Waals surface area contributed by atoms with Gasteiger partial charge in [-0.25, -0.2) is 0 Å². The predicted octanol–water partition coefficient (Wildman–Crippen LogP) is 4.79. The van der Waals surface area contributed by atoms with Crippen molar-refractivity contribution in [1.82, 2.24) is 0 Å². The van der Waals surface area contributed by atoms with E-state index in [0.29, 0.717) is 5.75 Å². The van der Waals surface area contributed by atoms with Gasteiger partial charge in [0.1, 0.15) is 0 Å². The Morgan fingerprint density at radius 3 is 2.81 bits per heavy atom. The standard InChI is InChI=1S/C17H17NO2S/c1-11(12-3-5-15(19)16(10-12)20-2)18-14-4-6-17-13(9-14)7-8-21-17/h3-11,18-19H,1-2H3. The van der Waals surface area contributed by atoms with Crippen molar-refractivity contribution in [2.45, 2.75) is 13.0 Å². The van der Waals surface area contributed by atoms with Gasteiger partial charge in [0.25, 0.3) is 0 Å². The second-order valence-corrected chi connectivity index (χ2v) is 5.92. The summed E-state index contributed by atoms with van der Waals surface area (Å²) in [4.78, 5) is 0. The van der Waals surface area contributed by atoms with E-state index in [2.05, 4.69) is 41.9 Å². The Bertz CT molecular complexity index is 766. The second kappa shape index (κ2) is 5.66. The van der Waals surface area contributed by atoms with Crippen LogP contribution in [0.4, 0.5) is 5.69 Å². The molecule has 0 bridgehead atoms. The van der Waals surface area contributed by atoms with Gasteiger partial charge in [0.05, 0.1) is 7.11 Å². The third kappa shape index (κ3) is 2.81. The summed E-state index contributed by atoms with van der Waals surface area (Å²) in [7, 11) is 1.56. The van der Waals surface area contributed by atoms with Crippen molar-refractivity contribution in [1.29, 1.82) is 0 Å². The molecule has 0 fully saturated rings. The van der Waals surface area contributed by atoms with Crippen LogP contribution in [0.1, 0.15) is 18.5 Å². The number of phenolic OH excluding ortho intramolecular Hbond substituents is 1. The molecule has 0 radical (unpaired) electrons. The Hall–Kier alpha value is -2.20. The zero-order chi connectivity index (χ0) is 14.8. The number of rotatable bonds is 4. The highest BCUT2D eigenvalue weighted by atomic mass is 32.1. The molecule has 3 rings (SSSR count). The molecular formula is C17H17NO2S. The van der Waals surface area contributed by atoms with Gasteiger partial charge in [0.2, 0.25) is 0 Å². The van der Waals surface area contributed by atoms with Gasteiger partial charge in [0.15, 0.2) is 11.5 Å². The van der Waals surface area contributed by atoms with E-state index in [0.717, 1.165) is 11.3 Å². The van der Waals surface area contributed by atoms with Gasteiger partial charge in [-0.15, -0.1) is 11.3 Å². The van der Waals surface area contributed by atoms with Crippen LogP contribution in [0.2, 0.25) is 0 Å². The first-order valence-electron chi connectivity index (χ1n) is 6.78. The van der Waals surface area contributed by atoms with Crippen LogP contribution in [0.25, 0.3) is 10.1 Å². The molecule has 1 heterocycles. The fourth-order valence-corrected chi connectivity index (χ4v) is 3.12. The molecule has 0 spiro atoms. The van der Waals surface area contributed by atoms with E-state index < -0.39 is 0 Å². The number of hydrogen-bond donors (Lipinski definition) is 2. The Morgan fingerprint density at radius 1 is 1.14 bits per heavy atom. The number of aromatic hydroxyl groups is 1. The summed E-state index contributed by atoms with van der Waals surface area (Å²) in [6.07, 6.45) is 0. The summed E-state index contributed by atoms with van der Waals surface area (Å²) in [6, 6.07) is 14.0. The Morgan fingerprint density at radius 2 is 2.00 bits per heavy atom. The SMILES string of the molecule is COc1cc(C(C)Nc2ccc3sccc3c2)ccc1O. The maximum atomic E-state index is 9.66. The van der Waals surface area contributed by atoms with Crippen LogP contribution in [0, 0.1) is 0 Å². The number of fused-ring (bicyclic) bond motifs is 1. The molecule has 0 aliphatic carbocycles. The van der Waals surface area contributed by atoms with E-state index in [1.807, 2.05) is 12.1 Å². The highest BCUT2D eigenvalue weighted by Gasteiger charge is 2.09. The molecule has 0 saturated heterocycles. The number of hydrogen-bond acceptors (Lipinski definition) is 4. The summed E-state index contributed by atoms with van der Waals surface area (Å²) in [6.45, 7) is 2.09. The molecule has 0 saturated carbocycles. The van der Waals surface area contributed by atoms with Crippen LogP contribution >= 0.6 is 11.3 Å². The summed E-state index contributed by atoms with van der Waals surface area (Å²) in [5.41, 5.74) is 2.15. The van der Waals surface area contributed by atoms with Crippen LogP contribution in [-0.4, -0.2) is 12.2 Å². The molecule has 0 aliphatic rings. The fraction of sp³-hybridized carbons (Fsp3) is 0.176. The number of nitrogens with one attached hydrogen (secondary N) is 1. The highest BCUT2D eigenvalue weighted by Crippen LogP contribution is 2.31. The van der Waals surface area contributed by atoms with Gasteiger partial charge in [-0.3, -0.25) is 0 Å². The summed E-state index contributed by atoms with van der Waals surface area (Å²) >= 11 is 1.75. The first-order chi connectivity index (χ1) is 10.2. The third-order valence-electron chi connectivity index (χ3n) is 3.54. The fourth-order valence-electron chi connectivity index (χ4n) is 2.35. The smallest absolute Gasteiger partial charge is 0.160 e. The van der Waals surface area contributed by atoms with Crippen molar-refractivity contribution in [3.05, 3.63) is 53.4 Å². The Balaban J connectivity index is 1.83. The molecule has 2 N–H and O–H groups in total. The minimum absolute atomic E-state index is 0.121. The lowest BCUT2D eigenvalue weighted by atomic mass is 10.1. The number of benzene rings is 2. The third-order valence-corrected chi connectivity index (χ3v) is 4.44. The normalized spacial score (nSPS) is 12.3. The Kier molecular flexibility index (Phi) is 3.71. The van der Waals surface area contributed by atoms with E-state index >= 15 is 0 Å². The van der Waals surface area contributed by atoms with Crippen molar-refractivity contribution >= 4 is 27.1 Å². The molecule has 3 aromatic rings.